The maximum absolute atomic E-state index is 12.9. The lowest BCUT2D eigenvalue weighted by Crippen LogP contribution is -2.41. The van der Waals surface area contributed by atoms with Crippen LogP contribution in [0, 0.1) is 0 Å². The molecule has 0 N–H and O–H groups in total. The molecule has 2 aromatic rings. The summed E-state index contributed by atoms with van der Waals surface area (Å²) < 4.78 is 10.4. The van der Waals surface area contributed by atoms with Crippen LogP contribution >= 0.6 is 0 Å². The molecule has 1 heterocycles. The van der Waals surface area contributed by atoms with E-state index in [-0.39, 0.29) is 11.8 Å². The number of rotatable bonds is 4. The van der Waals surface area contributed by atoms with E-state index in [1.807, 2.05) is 12.1 Å². The highest BCUT2D eigenvalue weighted by molar-refractivity contribution is 6.10. The smallest absolute Gasteiger partial charge is 0.258 e. The lowest BCUT2D eigenvalue weighted by Gasteiger charge is -2.29. The summed E-state index contributed by atoms with van der Waals surface area (Å²) in [5.41, 5.74) is 1.63. The first kappa shape index (κ1) is 17.9. The minimum atomic E-state index is -0.185. The van der Waals surface area contributed by atoms with Gasteiger partial charge in [-0.1, -0.05) is 12.1 Å². The zero-order valence-corrected chi connectivity index (χ0v) is 15.0. The Balaban J connectivity index is 1.85. The molecule has 2 aromatic carbocycles. The van der Waals surface area contributed by atoms with Crippen molar-refractivity contribution < 1.29 is 19.1 Å². The molecule has 0 radical (unpaired) electrons. The Bertz CT molecular complexity index is 783. The maximum atomic E-state index is 12.9. The minimum Gasteiger partial charge on any atom is -0.497 e. The van der Waals surface area contributed by atoms with Crippen LogP contribution in [0.3, 0.4) is 0 Å². The third kappa shape index (κ3) is 3.70. The summed E-state index contributed by atoms with van der Waals surface area (Å²) in [5.74, 6) is 0.417. The summed E-state index contributed by atoms with van der Waals surface area (Å²) in [6.07, 6.45) is 0. The van der Waals surface area contributed by atoms with Crippen molar-refractivity contribution in [1.82, 2.24) is 4.90 Å². The van der Waals surface area contributed by atoms with Gasteiger partial charge in [0.1, 0.15) is 5.75 Å². The first-order chi connectivity index (χ1) is 12.6. The Morgan fingerprint density at radius 3 is 2.35 bits per heavy atom. The fraction of sp³-hybridized carbons (Fsp3) is 0.300. The van der Waals surface area contributed by atoms with Crippen LogP contribution in [0.15, 0.2) is 48.5 Å². The predicted octanol–water partition coefficient (Wildman–Crippen LogP) is 2.44. The molecular weight excluding hydrogens is 332 g/mol. The van der Waals surface area contributed by atoms with Crippen molar-refractivity contribution in [3.8, 4) is 5.75 Å². The number of carbonyl (C=O) groups is 2. The van der Waals surface area contributed by atoms with Crippen molar-refractivity contribution in [2.45, 2.75) is 0 Å². The molecule has 6 heteroatoms. The number of morpholine rings is 1. The van der Waals surface area contributed by atoms with Gasteiger partial charge in [-0.05, 0) is 36.4 Å². The van der Waals surface area contributed by atoms with Gasteiger partial charge in [-0.25, -0.2) is 0 Å². The van der Waals surface area contributed by atoms with Crippen LogP contribution in [0.4, 0.5) is 5.69 Å². The second-order valence-corrected chi connectivity index (χ2v) is 6.01. The first-order valence-corrected chi connectivity index (χ1v) is 8.50. The molecule has 0 atom stereocenters. The van der Waals surface area contributed by atoms with E-state index in [2.05, 4.69) is 0 Å². The number of nitrogens with zero attached hydrogens (tertiary/aromatic N) is 2. The van der Waals surface area contributed by atoms with Crippen molar-refractivity contribution in [2.24, 2.45) is 0 Å². The molecule has 2 amide bonds. The Morgan fingerprint density at radius 1 is 1.04 bits per heavy atom. The van der Waals surface area contributed by atoms with Gasteiger partial charge >= 0.3 is 0 Å². The highest BCUT2D eigenvalue weighted by Gasteiger charge is 2.24. The number of hydrogen-bond donors (Lipinski definition) is 0. The average Bonchev–Trinajstić information content (AvgIpc) is 2.73. The van der Waals surface area contributed by atoms with E-state index in [1.165, 1.54) is 4.90 Å². The van der Waals surface area contributed by atoms with Gasteiger partial charge in [-0.3, -0.25) is 9.59 Å². The Hall–Kier alpha value is -2.86. The van der Waals surface area contributed by atoms with Gasteiger partial charge in [0.25, 0.3) is 11.8 Å². The molecule has 0 spiro atoms. The fourth-order valence-electron chi connectivity index (χ4n) is 2.92. The molecule has 1 aliphatic heterocycles. The van der Waals surface area contributed by atoms with Crippen molar-refractivity contribution >= 4 is 17.5 Å². The molecule has 0 saturated carbocycles. The van der Waals surface area contributed by atoms with E-state index < -0.39 is 0 Å². The lowest BCUT2D eigenvalue weighted by atomic mass is 10.1. The predicted molar refractivity (Wildman–Crippen MR) is 98.9 cm³/mol. The van der Waals surface area contributed by atoms with E-state index in [0.717, 1.165) is 0 Å². The molecular formula is C20H22N2O4. The van der Waals surface area contributed by atoms with Gasteiger partial charge in [-0.15, -0.1) is 0 Å². The van der Waals surface area contributed by atoms with E-state index >= 15 is 0 Å². The molecule has 1 fully saturated rings. The van der Waals surface area contributed by atoms with Crippen LogP contribution in [0.1, 0.15) is 20.7 Å². The van der Waals surface area contributed by atoms with E-state index in [1.54, 1.807) is 55.5 Å². The molecule has 26 heavy (non-hydrogen) atoms. The Morgan fingerprint density at radius 2 is 1.69 bits per heavy atom. The fourth-order valence-corrected chi connectivity index (χ4v) is 2.92. The number of hydrogen-bond acceptors (Lipinski definition) is 4. The van der Waals surface area contributed by atoms with E-state index in [9.17, 15) is 9.59 Å². The molecule has 3 rings (SSSR count). The van der Waals surface area contributed by atoms with Crippen LogP contribution in [0.2, 0.25) is 0 Å². The van der Waals surface area contributed by atoms with Gasteiger partial charge < -0.3 is 19.3 Å². The first-order valence-electron chi connectivity index (χ1n) is 8.50. The molecule has 0 unspecified atom stereocenters. The molecule has 136 valence electrons. The highest BCUT2D eigenvalue weighted by atomic mass is 16.5. The van der Waals surface area contributed by atoms with Crippen molar-refractivity contribution in [3.63, 3.8) is 0 Å². The number of anilines is 1. The van der Waals surface area contributed by atoms with E-state index in [0.29, 0.717) is 48.9 Å². The second-order valence-electron chi connectivity index (χ2n) is 6.01. The molecule has 1 aliphatic rings. The quantitative estimate of drug-likeness (QED) is 0.846. The monoisotopic (exact) mass is 354 g/mol. The largest absolute Gasteiger partial charge is 0.497 e. The second kappa shape index (κ2) is 8.01. The summed E-state index contributed by atoms with van der Waals surface area (Å²) in [5, 5.41) is 0. The van der Waals surface area contributed by atoms with Crippen LogP contribution in [-0.2, 0) is 4.74 Å². The number of para-hydroxylation sites is 1. The number of amides is 2. The minimum absolute atomic E-state index is 0.0849. The highest BCUT2D eigenvalue weighted by Crippen LogP contribution is 2.23. The van der Waals surface area contributed by atoms with Crippen LogP contribution in [0.25, 0.3) is 0 Å². The summed E-state index contributed by atoms with van der Waals surface area (Å²) >= 11 is 0. The summed E-state index contributed by atoms with van der Waals surface area (Å²) in [6, 6.07) is 14.1. The molecule has 0 aromatic heterocycles. The Kier molecular flexibility index (Phi) is 5.53. The standard InChI is InChI=1S/C20H22N2O4/c1-21(19(23)15-7-9-16(25-2)10-8-15)18-6-4-3-5-17(18)20(24)22-11-13-26-14-12-22/h3-10H,11-14H2,1-2H3. The SMILES string of the molecule is COc1ccc(C(=O)N(C)c2ccccc2C(=O)N2CCOCC2)cc1. The van der Waals surface area contributed by atoms with Gasteiger partial charge in [-0.2, -0.15) is 0 Å². The summed E-state index contributed by atoms with van der Waals surface area (Å²) in [4.78, 5) is 29.0. The van der Waals surface area contributed by atoms with E-state index in [4.69, 9.17) is 9.47 Å². The maximum Gasteiger partial charge on any atom is 0.258 e. The van der Waals surface area contributed by atoms with Crippen molar-refractivity contribution in [2.75, 3.05) is 45.4 Å². The molecule has 1 saturated heterocycles. The summed E-state index contributed by atoms with van der Waals surface area (Å²) in [6.45, 7) is 2.19. The van der Waals surface area contributed by atoms with Gasteiger partial charge in [0.05, 0.1) is 31.6 Å². The molecule has 6 nitrogen and oxygen atoms in total. The van der Waals surface area contributed by atoms with Gasteiger partial charge in [0.15, 0.2) is 0 Å². The van der Waals surface area contributed by atoms with Gasteiger partial charge in [0.2, 0.25) is 0 Å². The van der Waals surface area contributed by atoms with Crippen LogP contribution in [0.5, 0.6) is 5.75 Å². The Labute approximate surface area is 152 Å². The number of methoxy groups -OCH3 is 1. The van der Waals surface area contributed by atoms with Crippen molar-refractivity contribution in [3.05, 3.63) is 59.7 Å². The molecule has 0 bridgehead atoms. The topological polar surface area (TPSA) is 59.1 Å². The number of benzene rings is 2. The zero-order valence-electron chi connectivity index (χ0n) is 15.0. The summed E-state index contributed by atoms with van der Waals surface area (Å²) in [7, 11) is 3.26. The van der Waals surface area contributed by atoms with Crippen LogP contribution < -0.4 is 9.64 Å². The third-order valence-electron chi connectivity index (χ3n) is 4.44. The van der Waals surface area contributed by atoms with Crippen LogP contribution in [-0.4, -0.2) is 57.2 Å². The average molecular weight is 354 g/mol. The molecule has 0 aliphatic carbocycles. The van der Waals surface area contributed by atoms with Crippen molar-refractivity contribution in [1.29, 1.82) is 0 Å². The lowest BCUT2D eigenvalue weighted by molar-refractivity contribution is 0.0303. The zero-order chi connectivity index (χ0) is 18.5. The normalized spacial score (nSPS) is 14.0. The van der Waals surface area contributed by atoms with Gasteiger partial charge in [0, 0.05) is 25.7 Å². The number of ether oxygens (including phenoxy) is 2. The number of carbonyl (C=O) groups excluding carboxylic acids is 2. The third-order valence-corrected chi connectivity index (χ3v) is 4.44.